The highest BCUT2D eigenvalue weighted by atomic mass is 16.5. The maximum absolute atomic E-state index is 12.3. The van der Waals surface area contributed by atoms with Crippen molar-refractivity contribution in [3.8, 4) is 0 Å². The summed E-state index contributed by atoms with van der Waals surface area (Å²) >= 11 is 0. The van der Waals surface area contributed by atoms with E-state index in [1.165, 1.54) is 0 Å². The van der Waals surface area contributed by atoms with Gasteiger partial charge >= 0.3 is 5.97 Å². The number of hydrogen-bond donors (Lipinski definition) is 0. The average Bonchev–Trinajstić information content (AvgIpc) is 2.80. The summed E-state index contributed by atoms with van der Waals surface area (Å²) in [7, 11) is 0. The highest BCUT2D eigenvalue weighted by Gasteiger charge is 2.35. The van der Waals surface area contributed by atoms with Crippen molar-refractivity contribution in [2.45, 2.75) is 40.3 Å². The summed E-state index contributed by atoms with van der Waals surface area (Å²) in [6, 6.07) is 8.82. The number of carbonyl (C=O) groups excluding carboxylic acids is 2. The largest absolute Gasteiger partial charge is 0.439 e. The Hall–Kier alpha value is -2.43. The third-order valence-corrected chi connectivity index (χ3v) is 4.17. The van der Waals surface area contributed by atoms with E-state index in [0.29, 0.717) is 17.5 Å². The first kappa shape index (κ1) is 15.5. The summed E-state index contributed by atoms with van der Waals surface area (Å²) in [5.74, 6) is -0.278. The molecule has 0 saturated heterocycles. The first-order valence-electron chi connectivity index (χ1n) is 7.69. The van der Waals surface area contributed by atoms with Gasteiger partial charge in [-0.1, -0.05) is 32.0 Å². The van der Waals surface area contributed by atoms with Crippen LogP contribution in [0.25, 0.3) is 0 Å². The fourth-order valence-corrected chi connectivity index (χ4v) is 3.04. The van der Waals surface area contributed by atoms with Crippen molar-refractivity contribution in [1.29, 1.82) is 0 Å². The van der Waals surface area contributed by atoms with Crippen molar-refractivity contribution >= 4 is 11.8 Å². The summed E-state index contributed by atoms with van der Waals surface area (Å²) < 4.78 is 6.91. The maximum Gasteiger partial charge on any atom is 0.339 e. The quantitative estimate of drug-likeness (QED) is 0.817. The van der Waals surface area contributed by atoms with Crippen LogP contribution in [0.4, 0.5) is 0 Å². The van der Waals surface area contributed by atoms with Gasteiger partial charge in [0.15, 0.2) is 12.5 Å². The fourth-order valence-electron chi connectivity index (χ4n) is 3.04. The van der Waals surface area contributed by atoms with Gasteiger partial charge in [-0.3, -0.25) is 4.79 Å². The van der Waals surface area contributed by atoms with E-state index in [0.717, 1.165) is 17.8 Å². The zero-order chi connectivity index (χ0) is 16.6. The van der Waals surface area contributed by atoms with Crippen molar-refractivity contribution < 1.29 is 14.3 Å². The molecule has 5 heteroatoms. The molecule has 1 aliphatic rings. The normalized spacial score (nSPS) is 16.0. The molecule has 0 amide bonds. The third kappa shape index (κ3) is 3.04. The second-order valence-corrected chi connectivity index (χ2v) is 6.77. The van der Waals surface area contributed by atoms with Gasteiger partial charge in [0.2, 0.25) is 0 Å². The van der Waals surface area contributed by atoms with Crippen LogP contribution in [0.5, 0.6) is 0 Å². The van der Waals surface area contributed by atoms with E-state index >= 15 is 0 Å². The monoisotopic (exact) mass is 312 g/mol. The molecule has 0 unspecified atom stereocenters. The Kier molecular flexibility index (Phi) is 3.80. The fraction of sp³-hybridized carbons (Fsp3) is 0.389. The van der Waals surface area contributed by atoms with E-state index in [1.807, 2.05) is 13.0 Å². The second kappa shape index (κ2) is 5.65. The second-order valence-electron chi connectivity index (χ2n) is 6.77. The highest BCUT2D eigenvalue weighted by Crippen LogP contribution is 2.35. The number of ether oxygens (including phenoxy) is 1. The molecule has 2 aromatic rings. The van der Waals surface area contributed by atoms with Crippen LogP contribution in [-0.2, 0) is 17.9 Å². The molecule has 1 aromatic carbocycles. The molecule has 0 fully saturated rings. The number of esters is 1. The number of fused-ring (bicyclic) bond motifs is 1. The van der Waals surface area contributed by atoms with Crippen LogP contribution in [-0.4, -0.2) is 21.5 Å². The van der Waals surface area contributed by atoms with Gasteiger partial charge in [-0.25, -0.2) is 9.48 Å². The zero-order valence-electron chi connectivity index (χ0n) is 13.6. The lowest BCUT2D eigenvalue weighted by atomic mass is 9.76. The molecule has 1 heterocycles. The van der Waals surface area contributed by atoms with Gasteiger partial charge in [0, 0.05) is 6.42 Å². The smallest absolute Gasteiger partial charge is 0.339 e. The predicted molar refractivity (Wildman–Crippen MR) is 85.3 cm³/mol. The van der Waals surface area contributed by atoms with Crippen LogP contribution < -0.4 is 0 Å². The summed E-state index contributed by atoms with van der Waals surface area (Å²) in [6.45, 7) is 5.99. The van der Waals surface area contributed by atoms with E-state index < -0.39 is 5.97 Å². The van der Waals surface area contributed by atoms with Crippen molar-refractivity contribution in [3.63, 3.8) is 0 Å². The Bertz CT molecular complexity index is 760. The van der Waals surface area contributed by atoms with Crippen LogP contribution in [0.3, 0.4) is 0 Å². The minimum atomic E-state index is -0.398. The van der Waals surface area contributed by atoms with Gasteiger partial charge in [-0.05, 0) is 30.9 Å². The van der Waals surface area contributed by atoms with Crippen molar-refractivity contribution in [2.24, 2.45) is 5.41 Å². The van der Waals surface area contributed by atoms with E-state index in [4.69, 9.17) is 4.74 Å². The van der Waals surface area contributed by atoms with Gasteiger partial charge in [0.05, 0.1) is 22.5 Å². The summed E-state index contributed by atoms with van der Waals surface area (Å²) in [5.41, 5.74) is 2.69. The van der Waals surface area contributed by atoms with Crippen molar-refractivity contribution in [1.82, 2.24) is 9.78 Å². The van der Waals surface area contributed by atoms with E-state index in [9.17, 15) is 9.59 Å². The highest BCUT2D eigenvalue weighted by molar-refractivity contribution is 5.99. The van der Waals surface area contributed by atoms with E-state index in [-0.39, 0.29) is 17.9 Å². The third-order valence-electron chi connectivity index (χ3n) is 4.17. The van der Waals surface area contributed by atoms with Gasteiger partial charge < -0.3 is 4.74 Å². The summed E-state index contributed by atoms with van der Waals surface area (Å²) in [4.78, 5) is 24.3. The maximum atomic E-state index is 12.3. The van der Waals surface area contributed by atoms with Crippen LogP contribution in [0, 0.1) is 12.3 Å². The lowest BCUT2D eigenvalue weighted by Crippen LogP contribution is -2.26. The summed E-state index contributed by atoms with van der Waals surface area (Å²) in [6.07, 6.45) is 1.28. The van der Waals surface area contributed by atoms with Gasteiger partial charge in [-0.2, -0.15) is 5.10 Å². The number of aromatic nitrogens is 2. The molecule has 5 nitrogen and oxygen atoms in total. The first-order chi connectivity index (χ1) is 10.9. The molecule has 120 valence electrons. The number of hydrogen-bond acceptors (Lipinski definition) is 4. The number of Topliss-reactive ketones (excluding diaryl/α,β-unsaturated/α-hetero) is 1. The van der Waals surface area contributed by atoms with Crippen LogP contribution in [0.15, 0.2) is 30.3 Å². The van der Waals surface area contributed by atoms with Crippen LogP contribution >= 0.6 is 0 Å². The van der Waals surface area contributed by atoms with Crippen LogP contribution in [0.1, 0.15) is 52.4 Å². The Morgan fingerprint density at radius 2 is 1.96 bits per heavy atom. The number of rotatable bonds is 3. The number of ketones is 1. The molecule has 0 N–H and O–H groups in total. The van der Waals surface area contributed by atoms with E-state index in [1.54, 1.807) is 28.9 Å². The molecule has 0 bridgehead atoms. The number of benzene rings is 1. The molecule has 0 atom stereocenters. The predicted octanol–water partition coefficient (Wildman–Crippen LogP) is 3.16. The standard InChI is InChI=1S/C18H20N2O3/c1-12-16-14(9-18(2,3)10-15(16)21)19-20(12)11-23-17(22)13-7-5-4-6-8-13/h4-8H,9-11H2,1-3H3. The number of nitrogens with zero attached hydrogens (tertiary/aromatic N) is 2. The molecule has 3 rings (SSSR count). The van der Waals surface area contributed by atoms with Gasteiger partial charge in [0.25, 0.3) is 0 Å². The molecule has 1 aromatic heterocycles. The Labute approximate surface area is 135 Å². The zero-order valence-corrected chi connectivity index (χ0v) is 13.6. The minimum Gasteiger partial charge on any atom is -0.439 e. The first-order valence-corrected chi connectivity index (χ1v) is 7.69. The minimum absolute atomic E-state index is 0.0142. The Morgan fingerprint density at radius 1 is 1.26 bits per heavy atom. The number of carbonyl (C=O) groups is 2. The topological polar surface area (TPSA) is 61.2 Å². The summed E-state index contributed by atoms with van der Waals surface area (Å²) in [5, 5.41) is 4.48. The molecule has 1 aliphatic carbocycles. The van der Waals surface area contributed by atoms with E-state index in [2.05, 4.69) is 18.9 Å². The molecule has 0 spiro atoms. The van der Waals surface area contributed by atoms with Crippen LogP contribution in [0.2, 0.25) is 0 Å². The molecule has 23 heavy (non-hydrogen) atoms. The average molecular weight is 312 g/mol. The van der Waals surface area contributed by atoms with Crippen molar-refractivity contribution in [3.05, 3.63) is 52.8 Å². The molecular formula is C18H20N2O3. The Balaban J connectivity index is 1.78. The van der Waals surface area contributed by atoms with Gasteiger partial charge in [-0.15, -0.1) is 0 Å². The SMILES string of the molecule is Cc1c2c(nn1COC(=O)c1ccccc1)CC(C)(C)CC2=O. The molecule has 0 radical (unpaired) electrons. The lowest BCUT2D eigenvalue weighted by Gasteiger charge is -2.27. The Morgan fingerprint density at radius 3 is 2.65 bits per heavy atom. The molecule has 0 saturated carbocycles. The lowest BCUT2D eigenvalue weighted by molar-refractivity contribution is 0.0345. The van der Waals surface area contributed by atoms with Gasteiger partial charge in [0.1, 0.15) is 0 Å². The van der Waals surface area contributed by atoms with Crippen molar-refractivity contribution in [2.75, 3.05) is 0 Å². The molecule has 0 aliphatic heterocycles. The molecular weight excluding hydrogens is 292 g/mol.